The number of hydrogen-bond donors (Lipinski definition) is 1. The molecule has 0 heterocycles. The van der Waals surface area contributed by atoms with Crippen molar-refractivity contribution in [1.82, 2.24) is 0 Å². The van der Waals surface area contributed by atoms with Gasteiger partial charge >= 0.3 is 0 Å². The van der Waals surface area contributed by atoms with Gasteiger partial charge in [-0.15, -0.1) is 5.92 Å². The Labute approximate surface area is 110 Å². The van der Waals surface area contributed by atoms with Crippen molar-refractivity contribution < 1.29 is 14.6 Å². The second-order valence-corrected chi connectivity index (χ2v) is 4.69. The summed E-state index contributed by atoms with van der Waals surface area (Å²) in [5, 5.41) is 9.86. The van der Waals surface area contributed by atoms with Gasteiger partial charge in [0.25, 0.3) is 0 Å². The lowest BCUT2D eigenvalue weighted by Crippen LogP contribution is -2.16. The highest BCUT2D eigenvalue weighted by Crippen LogP contribution is 2.13. The highest BCUT2D eigenvalue weighted by molar-refractivity contribution is 5.06. The maximum Gasteiger partial charge on any atom is 0.147 e. The Morgan fingerprint density at radius 2 is 2.22 bits per heavy atom. The molecule has 0 spiro atoms. The van der Waals surface area contributed by atoms with E-state index in [4.69, 9.17) is 9.47 Å². The standard InChI is InChI=1S/C15H24O3/c1-13-8-6-7-10-14(18-12-17-2)9-4-3-5-11-15(13)16/h4,9,13-16H,3,5,7,10-12H2,1-2H3/b9-4-. The smallest absolute Gasteiger partial charge is 0.147 e. The van der Waals surface area contributed by atoms with Crippen LogP contribution < -0.4 is 0 Å². The van der Waals surface area contributed by atoms with E-state index in [1.54, 1.807) is 7.11 Å². The molecule has 0 radical (unpaired) electrons. The molecule has 102 valence electrons. The Morgan fingerprint density at radius 1 is 1.39 bits per heavy atom. The van der Waals surface area contributed by atoms with Crippen molar-refractivity contribution in [3.8, 4) is 11.8 Å². The SMILES string of the molecule is COCOC1/C=C\CCCC(O)C(C)C#CCC1. The van der Waals surface area contributed by atoms with E-state index in [9.17, 15) is 5.11 Å². The summed E-state index contributed by atoms with van der Waals surface area (Å²) in [5.74, 6) is 6.30. The van der Waals surface area contributed by atoms with Gasteiger partial charge < -0.3 is 14.6 Å². The van der Waals surface area contributed by atoms with Crippen molar-refractivity contribution in [1.29, 1.82) is 0 Å². The molecule has 3 unspecified atom stereocenters. The Balaban J connectivity index is 2.53. The normalized spacial score (nSPS) is 31.6. The minimum Gasteiger partial charge on any atom is -0.392 e. The first-order valence-corrected chi connectivity index (χ1v) is 6.67. The fourth-order valence-electron chi connectivity index (χ4n) is 1.88. The first-order chi connectivity index (χ1) is 8.74. The van der Waals surface area contributed by atoms with Crippen LogP contribution in [0.3, 0.4) is 0 Å². The summed E-state index contributed by atoms with van der Waals surface area (Å²) >= 11 is 0. The first-order valence-electron chi connectivity index (χ1n) is 6.67. The molecule has 18 heavy (non-hydrogen) atoms. The second kappa shape index (κ2) is 9.16. The zero-order chi connectivity index (χ0) is 13.2. The molecule has 0 amide bonds. The van der Waals surface area contributed by atoms with Crippen LogP contribution in [0.2, 0.25) is 0 Å². The number of hydrogen-bond acceptors (Lipinski definition) is 3. The van der Waals surface area contributed by atoms with Crippen LogP contribution in [0.4, 0.5) is 0 Å². The van der Waals surface area contributed by atoms with Gasteiger partial charge in [0.05, 0.1) is 12.2 Å². The van der Waals surface area contributed by atoms with Crippen LogP contribution in [0, 0.1) is 17.8 Å². The predicted octanol–water partition coefficient (Wildman–Crippen LogP) is 2.50. The third-order valence-corrected chi connectivity index (χ3v) is 3.08. The zero-order valence-corrected chi connectivity index (χ0v) is 11.4. The van der Waals surface area contributed by atoms with Crippen molar-refractivity contribution in [3.05, 3.63) is 12.2 Å². The van der Waals surface area contributed by atoms with E-state index in [1.165, 1.54) is 0 Å². The van der Waals surface area contributed by atoms with Gasteiger partial charge in [-0.1, -0.05) is 18.1 Å². The molecule has 1 N–H and O–H groups in total. The van der Waals surface area contributed by atoms with Gasteiger partial charge in [0.15, 0.2) is 0 Å². The van der Waals surface area contributed by atoms with E-state index in [-0.39, 0.29) is 18.1 Å². The average Bonchev–Trinajstić information content (AvgIpc) is 2.37. The van der Waals surface area contributed by atoms with Gasteiger partial charge in [-0.2, -0.15) is 0 Å². The van der Waals surface area contributed by atoms with Crippen molar-refractivity contribution >= 4 is 0 Å². The fourth-order valence-corrected chi connectivity index (χ4v) is 1.88. The quantitative estimate of drug-likeness (QED) is 0.476. The molecule has 1 aliphatic carbocycles. The van der Waals surface area contributed by atoms with Crippen LogP contribution in [-0.4, -0.2) is 31.2 Å². The van der Waals surface area contributed by atoms with E-state index >= 15 is 0 Å². The Hall–Kier alpha value is -0.820. The molecule has 0 aromatic rings. The van der Waals surface area contributed by atoms with Crippen LogP contribution in [-0.2, 0) is 9.47 Å². The van der Waals surface area contributed by atoms with Crippen LogP contribution >= 0.6 is 0 Å². The summed E-state index contributed by atoms with van der Waals surface area (Å²) in [4.78, 5) is 0. The molecule has 0 fully saturated rings. The maximum absolute atomic E-state index is 9.86. The lowest BCUT2D eigenvalue weighted by molar-refractivity contribution is -0.0570. The second-order valence-electron chi connectivity index (χ2n) is 4.69. The molecular formula is C15H24O3. The summed E-state index contributed by atoms with van der Waals surface area (Å²) in [7, 11) is 1.63. The summed E-state index contributed by atoms with van der Waals surface area (Å²) < 4.78 is 10.5. The summed E-state index contributed by atoms with van der Waals surface area (Å²) in [6.07, 6.45) is 8.43. The van der Waals surface area contributed by atoms with Crippen molar-refractivity contribution in [2.45, 2.75) is 51.2 Å². The molecule has 0 aromatic heterocycles. The average molecular weight is 252 g/mol. The van der Waals surface area contributed by atoms with E-state index in [0.717, 1.165) is 32.1 Å². The third kappa shape index (κ3) is 6.20. The van der Waals surface area contributed by atoms with Gasteiger partial charge in [0.2, 0.25) is 0 Å². The minimum absolute atomic E-state index is 0.0618. The van der Waals surface area contributed by atoms with Crippen molar-refractivity contribution in [2.24, 2.45) is 5.92 Å². The van der Waals surface area contributed by atoms with E-state index in [2.05, 4.69) is 24.0 Å². The first kappa shape index (κ1) is 15.2. The molecular weight excluding hydrogens is 228 g/mol. The number of methoxy groups -OCH3 is 1. The van der Waals surface area contributed by atoms with Gasteiger partial charge in [0, 0.05) is 19.4 Å². The number of rotatable bonds is 3. The van der Waals surface area contributed by atoms with Gasteiger partial charge in [-0.3, -0.25) is 0 Å². The summed E-state index contributed by atoms with van der Waals surface area (Å²) in [5.41, 5.74) is 0. The van der Waals surface area contributed by atoms with Crippen molar-refractivity contribution in [2.75, 3.05) is 13.9 Å². The number of ether oxygens (including phenoxy) is 2. The van der Waals surface area contributed by atoms with Crippen LogP contribution in [0.25, 0.3) is 0 Å². The maximum atomic E-state index is 9.86. The Morgan fingerprint density at radius 3 is 3.00 bits per heavy atom. The summed E-state index contributed by atoms with van der Waals surface area (Å²) in [6, 6.07) is 0. The van der Waals surface area contributed by atoms with Gasteiger partial charge in [-0.05, 0) is 32.6 Å². The zero-order valence-electron chi connectivity index (χ0n) is 11.4. The lowest BCUT2D eigenvalue weighted by Gasteiger charge is -2.15. The van der Waals surface area contributed by atoms with E-state index < -0.39 is 0 Å². The minimum atomic E-state index is -0.300. The van der Waals surface area contributed by atoms with Crippen LogP contribution in [0.15, 0.2) is 12.2 Å². The van der Waals surface area contributed by atoms with Crippen molar-refractivity contribution in [3.63, 3.8) is 0 Å². The Bertz CT molecular complexity index is 301. The molecule has 1 aliphatic rings. The lowest BCUT2D eigenvalue weighted by atomic mass is 9.99. The molecule has 0 saturated carbocycles. The highest BCUT2D eigenvalue weighted by atomic mass is 16.7. The van der Waals surface area contributed by atoms with Gasteiger partial charge in [0.1, 0.15) is 6.79 Å². The Kier molecular flexibility index (Phi) is 7.75. The molecule has 0 saturated heterocycles. The number of aliphatic hydroxyl groups is 1. The molecule has 0 aliphatic heterocycles. The molecule has 1 rings (SSSR count). The summed E-state index contributed by atoms with van der Waals surface area (Å²) in [6.45, 7) is 2.30. The number of allylic oxidation sites excluding steroid dienone is 1. The van der Waals surface area contributed by atoms with Gasteiger partial charge in [-0.25, -0.2) is 0 Å². The van der Waals surface area contributed by atoms with Crippen LogP contribution in [0.5, 0.6) is 0 Å². The fraction of sp³-hybridized carbons (Fsp3) is 0.733. The largest absolute Gasteiger partial charge is 0.392 e. The highest BCUT2D eigenvalue weighted by Gasteiger charge is 2.11. The van der Waals surface area contributed by atoms with E-state index in [0.29, 0.717) is 6.79 Å². The predicted molar refractivity (Wildman–Crippen MR) is 71.9 cm³/mol. The molecule has 3 nitrogen and oxygen atoms in total. The molecule has 0 bridgehead atoms. The van der Waals surface area contributed by atoms with Crippen LogP contribution in [0.1, 0.15) is 39.0 Å². The third-order valence-electron chi connectivity index (χ3n) is 3.08. The molecule has 0 aromatic carbocycles. The molecule has 3 heteroatoms. The topological polar surface area (TPSA) is 38.7 Å². The van der Waals surface area contributed by atoms with E-state index in [1.807, 2.05) is 6.92 Å². The number of aliphatic hydroxyl groups excluding tert-OH is 1. The molecule has 3 atom stereocenters. The monoisotopic (exact) mass is 252 g/mol.